The van der Waals surface area contributed by atoms with Gasteiger partial charge in [0.25, 0.3) is 0 Å². The molecule has 0 heterocycles. The Balaban J connectivity index is 4.09. The van der Waals surface area contributed by atoms with E-state index in [1.165, 1.54) is 238 Å². The summed E-state index contributed by atoms with van der Waals surface area (Å²) >= 11 is 0. The van der Waals surface area contributed by atoms with Crippen molar-refractivity contribution in [3.8, 4) is 0 Å². The van der Waals surface area contributed by atoms with Crippen LogP contribution in [-0.2, 0) is 28.6 Å². The Labute approximate surface area is 491 Å². The van der Waals surface area contributed by atoms with Crippen molar-refractivity contribution in [2.75, 3.05) is 13.2 Å². The minimum absolute atomic E-state index is 0.0703. The zero-order valence-corrected chi connectivity index (χ0v) is 52.9. The molecule has 0 saturated heterocycles. The van der Waals surface area contributed by atoms with Gasteiger partial charge in [0.1, 0.15) is 13.2 Å². The maximum atomic E-state index is 12.9. The van der Waals surface area contributed by atoms with E-state index in [1.54, 1.807) is 0 Å². The molecule has 0 aliphatic rings. The Morgan fingerprint density at radius 1 is 0.266 bits per heavy atom. The Hall–Kier alpha value is -2.89. The highest BCUT2D eigenvalue weighted by Crippen LogP contribution is 2.18. The smallest absolute Gasteiger partial charge is 0.306 e. The summed E-state index contributed by atoms with van der Waals surface area (Å²) in [6.07, 6.45) is 86.9. The maximum Gasteiger partial charge on any atom is 0.306 e. The molecule has 0 aliphatic heterocycles. The van der Waals surface area contributed by atoms with E-state index in [2.05, 4.69) is 81.5 Å². The first-order chi connectivity index (χ1) is 39.0. The summed E-state index contributed by atoms with van der Waals surface area (Å²) in [4.78, 5) is 38.3. The van der Waals surface area contributed by atoms with E-state index in [0.29, 0.717) is 19.3 Å². The fraction of sp³-hybridized carbons (Fsp3) is 0.822. The van der Waals surface area contributed by atoms with Gasteiger partial charge in [0.2, 0.25) is 0 Å². The molecule has 79 heavy (non-hydrogen) atoms. The largest absolute Gasteiger partial charge is 0.462 e. The van der Waals surface area contributed by atoms with E-state index in [4.69, 9.17) is 14.2 Å². The molecule has 1 atom stereocenters. The number of allylic oxidation sites excluding steroid dienone is 10. The molecule has 0 rings (SSSR count). The van der Waals surface area contributed by atoms with Crippen molar-refractivity contribution in [3.05, 3.63) is 60.8 Å². The van der Waals surface area contributed by atoms with Crippen LogP contribution in [-0.4, -0.2) is 37.2 Å². The summed E-state index contributed by atoms with van der Waals surface area (Å²) in [6.45, 7) is 6.55. The van der Waals surface area contributed by atoms with Gasteiger partial charge in [0.15, 0.2) is 6.10 Å². The highest BCUT2D eigenvalue weighted by Gasteiger charge is 2.19. The van der Waals surface area contributed by atoms with Crippen LogP contribution in [0.5, 0.6) is 0 Å². The quantitative estimate of drug-likeness (QED) is 0.0261. The molecule has 0 spiro atoms. The van der Waals surface area contributed by atoms with Crippen LogP contribution in [0.4, 0.5) is 0 Å². The first-order valence-electron chi connectivity index (χ1n) is 34.8. The second kappa shape index (κ2) is 67.6. The van der Waals surface area contributed by atoms with E-state index in [9.17, 15) is 14.4 Å². The van der Waals surface area contributed by atoms with Crippen molar-refractivity contribution in [3.63, 3.8) is 0 Å². The molecule has 460 valence electrons. The van der Waals surface area contributed by atoms with E-state index in [1.807, 2.05) is 0 Å². The predicted octanol–water partition coefficient (Wildman–Crippen LogP) is 23.9. The average Bonchev–Trinajstić information content (AvgIpc) is 3.45. The van der Waals surface area contributed by atoms with Gasteiger partial charge in [-0.05, 0) is 83.5 Å². The average molecular weight is 1110 g/mol. The van der Waals surface area contributed by atoms with Gasteiger partial charge < -0.3 is 14.2 Å². The first kappa shape index (κ1) is 76.1. The van der Waals surface area contributed by atoms with E-state index in [0.717, 1.165) is 89.9 Å². The summed E-state index contributed by atoms with van der Waals surface area (Å²) < 4.78 is 16.9. The number of hydrogen-bond donors (Lipinski definition) is 0. The third-order valence-corrected chi connectivity index (χ3v) is 15.5. The zero-order chi connectivity index (χ0) is 57.1. The summed E-state index contributed by atoms with van der Waals surface area (Å²) in [5, 5.41) is 0. The van der Waals surface area contributed by atoms with Gasteiger partial charge in [-0.3, -0.25) is 14.4 Å². The predicted molar refractivity (Wildman–Crippen MR) is 344 cm³/mol. The highest BCUT2D eigenvalue weighted by molar-refractivity contribution is 5.71. The van der Waals surface area contributed by atoms with Crippen molar-refractivity contribution < 1.29 is 28.6 Å². The van der Waals surface area contributed by atoms with E-state index >= 15 is 0 Å². The third-order valence-electron chi connectivity index (χ3n) is 15.5. The number of unbranched alkanes of at least 4 members (excludes halogenated alkanes) is 43. The van der Waals surface area contributed by atoms with Crippen molar-refractivity contribution in [2.45, 2.75) is 374 Å². The van der Waals surface area contributed by atoms with Gasteiger partial charge in [0.05, 0.1) is 0 Å². The zero-order valence-electron chi connectivity index (χ0n) is 52.9. The Morgan fingerprint density at radius 2 is 0.494 bits per heavy atom. The summed E-state index contributed by atoms with van der Waals surface area (Å²) in [5.41, 5.74) is 0. The summed E-state index contributed by atoms with van der Waals surface area (Å²) in [6, 6.07) is 0. The first-order valence-corrected chi connectivity index (χ1v) is 34.8. The van der Waals surface area contributed by atoms with Crippen LogP contribution >= 0.6 is 0 Å². The Morgan fingerprint density at radius 3 is 0.810 bits per heavy atom. The monoisotopic (exact) mass is 1110 g/mol. The van der Waals surface area contributed by atoms with E-state index < -0.39 is 6.10 Å². The number of ether oxygens (including phenoxy) is 3. The van der Waals surface area contributed by atoms with Gasteiger partial charge in [-0.25, -0.2) is 0 Å². The second-order valence-electron chi connectivity index (χ2n) is 23.4. The second-order valence-corrected chi connectivity index (χ2v) is 23.4. The SMILES string of the molecule is CC/C=C\C/C=C\C/C=C\C/C=C\CCCCCCCCCCCCCCCCCCCCCCC(=O)OCC(COC(=O)CCCCCCC/C=C\CCCCC)OC(=O)CCCCCCCCCCCCCCCCCC. The van der Waals surface area contributed by atoms with Crippen LogP contribution in [0.3, 0.4) is 0 Å². The van der Waals surface area contributed by atoms with Crippen LogP contribution in [0, 0.1) is 0 Å². The number of esters is 3. The van der Waals surface area contributed by atoms with Gasteiger partial charge in [-0.1, -0.05) is 326 Å². The summed E-state index contributed by atoms with van der Waals surface area (Å²) in [7, 11) is 0. The van der Waals surface area contributed by atoms with Crippen LogP contribution in [0.2, 0.25) is 0 Å². The summed E-state index contributed by atoms with van der Waals surface area (Å²) in [5.74, 6) is -0.855. The molecule has 0 amide bonds. The molecule has 0 aromatic rings. The Kier molecular flexibility index (Phi) is 65.1. The lowest BCUT2D eigenvalue weighted by Gasteiger charge is -2.18. The number of carbonyl (C=O) groups excluding carboxylic acids is 3. The van der Waals surface area contributed by atoms with Crippen LogP contribution in [0.15, 0.2) is 60.8 Å². The lowest BCUT2D eigenvalue weighted by atomic mass is 10.0. The topological polar surface area (TPSA) is 78.9 Å². The molecule has 0 radical (unpaired) electrons. The van der Waals surface area contributed by atoms with Crippen molar-refractivity contribution in [1.29, 1.82) is 0 Å². The fourth-order valence-corrected chi connectivity index (χ4v) is 10.3. The molecule has 0 bridgehead atoms. The molecule has 0 fully saturated rings. The maximum absolute atomic E-state index is 12.9. The fourth-order valence-electron chi connectivity index (χ4n) is 10.3. The molecular formula is C73H132O6. The number of carbonyl (C=O) groups is 3. The molecule has 1 unspecified atom stereocenters. The van der Waals surface area contributed by atoms with Crippen molar-refractivity contribution >= 4 is 17.9 Å². The normalized spacial score (nSPS) is 12.4. The van der Waals surface area contributed by atoms with Gasteiger partial charge in [-0.2, -0.15) is 0 Å². The molecular weight excluding hydrogens is 973 g/mol. The van der Waals surface area contributed by atoms with Crippen LogP contribution < -0.4 is 0 Å². The molecule has 0 aromatic carbocycles. The van der Waals surface area contributed by atoms with Crippen LogP contribution in [0.25, 0.3) is 0 Å². The van der Waals surface area contributed by atoms with Gasteiger partial charge in [0, 0.05) is 19.3 Å². The molecule has 0 aromatic heterocycles. The van der Waals surface area contributed by atoms with Crippen molar-refractivity contribution in [1.82, 2.24) is 0 Å². The molecule has 6 heteroatoms. The minimum atomic E-state index is -0.773. The molecule has 0 saturated carbocycles. The molecule has 0 N–H and O–H groups in total. The van der Waals surface area contributed by atoms with Gasteiger partial charge >= 0.3 is 17.9 Å². The standard InChI is InChI=1S/C73H132O6/c1-4-7-10-13-16-19-22-25-27-29-30-31-32-33-34-35-36-37-38-39-40-41-42-43-44-45-47-48-51-54-57-60-63-66-72(75)78-69-70(68-77-71(74)65-62-59-56-53-50-24-21-18-15-12-9-6-3)79-73(76)67-64-61-58-55-52-49-46-28-26-23-20-17-14-11-8-5-2/h7,10,16,18-19,21,25,27,30-31,70H,4-6,8-9,11-15,17,20,22-24,26,28-29,32-69H2,1-3H3/b10-7-,19-16-,21-18-,27-25-,31-30-. The number of hydrogen-bond acceptors (Lipinski definition) is 6. The molecule has 6 nitrogen and oxygen atoms in total. The minimum Gasteiger partial charge on any atom is -0.462 e. The lowest BCUT2D eigenvalue weighted by molar-refractivity contribution is -0.167. The van der Waals surface area contributed by atoms with Gasteiger partial charge in [-0.15, -0.1) is 0 Å². The van der Waals surface area contributed by atoms with Crippen molar-refractivity contribution in [2.24, 2.45) is 0 Å². The van der Waals surface area contributed by atoms with Crippen LogP contribution in [0.1, 0.15) is 367 Å². The number of rotatable bonds is 64. The lowest BCUT2D eigenvalue weighted by Crippen LogP contribution is -2.30. The molecule has 0 aliphatic carbocycles. The highest BCUT2D eigenvalue weighted by atomic mass is 16.6. The third kappa shape index (κ3) is 65.8. The van der Waals surface area contributed by atoms with E-state index in [-0.39, 0.29) is 31.1 Å². The Bertz CT molecular complexity index is 1410.